The van der Waals surface area contributed by atoms with Crippen LogP contribution in [0.2, 0.25) is 0 Å². The van der Waals surface area contributed by atoms with Gasteiger partial charge in [-0.3, -0.25) is 4.90 Å². The van der Waals surface area contributed by atoms with Crippen molar-refractivity contribution in [1.82, 2.24) is 4.90 Å². The highest BCUT2D eigenvalue weighted by atomic mass is 15.2. The molecule has 2 nitrogen and oxygen atoms in total. The van der Waals surface area contributed by atoms with Crippen molar-refractivity contribution < 1.29 is 0 Å². The number of hydrogen-bond acceptors (Lipinski definition) is 2. The van der Waals surface area contributed by atoms with Crippen LogP contribution < -0.4 is 5.73 Å². The Balaban J connectivity index is 1.94. The molecule has 2 N–H and O–H groups in total. The first-order valence-electron chi connectivity index (χ1n) is 5.60. The van der Waals surface area contributed by atoms with Gasteiger partial charge in [0.15, 0.2) is 0 Å². The molecule has 0 amide bonds. The maximum Gasteiger partial charge on any atom is 0.0278 e. The van der Waals surface area contributed by atoms with Gasteiger partial charge in [0.05, 0.1) is 0 Å². The van der Waals surface area contributed by atoms with E-state index in [-0.39, 0.29) is 5.54 Å². The Morgan fingerprint density at radius 3 is 2.23 bits per heavy atom. The highest BCUT2D eigenvalue weighted by molar-refractivity contribution is 4.96. The largest absolute Gasteiger partial charge is 0.329 e. The Morgan fingerprint density at radius 1 is 1.23 bits per heavy atom. The smallest absolute Gasteiger partial charge is 0.0278 e. The molecular weight excluding hydrogens is 160 g/mol. The molecular formula is C11H22N2. The molecule has 2 saturated carbocycles. The lowest BCUT2D eigenvalue weighted by atomic mass is 10.0. The summed E-state index contributed by atoms with van der Waals surface area (Å²) in [4.78, 5) is 2.66. The van der Waals surface area contributed by atoms with Crippen LogP contribution in [0.25, 0.3) is 0 Å². The average Bonchev–Trinajstić information content (AvgIpc) is 2.92. The first-order valence-corrected chi connectivity index (χ1v) is 5.60. The summed E-state index contributed by atoms with van der Waals surface area (Å²) in [5.41, 5.74) is 6.05. The topological polar surface area (TPSA) is 29.3 Å². The van der Waals surface area contributed by atoms with Crippen molar-refractivity contribution in [3.63, 3.8) is 0 Å². The second-order valence-electron chi connectivity index (χ2n) is 5.34. The minimum Gasteiger partial charge on any atom is -0.329 e. The second kappa shape index (κ2) is 3.25. The van der Waals surface area contributed by atoms with Crippen LogP contribution >= 0.6 is 0 Å². The fourth-order valence-electron chi connectivity index (χ4n) is 1.97. The van der Waals surface area contributed by atoms with Gasteiger partial charge in [-0.2, -0.15) is 0 Å². The van der Waals surface area contributed by atoms with Gasteiger partial charge in [0.1, 0.15) is 0 Å². The van der Waals surface area contributed by atoms with E-state index in [2.05, 4.69) is 18.7 Å². The van der Waals surface area contributed by atoms with Crippen LogP contribution in [0.15, 0.2) is 0 Å². The molecule has 0 aromatic rings. The van der Waals surface area contributed by atoms with E-state index in [0.29, 0.717) is 0 Å². The Bertz CT molecular complexity index is 181. The summed E-state index contributed by atoms with van der Waals surface area (Å²) in [5.74, 6) is 0.992. The molecule has 0 radical (unpaired) electrons. The van der Waals surface area contributed by atoms with Gasteiger partial charge in [0.25, 0.3) is 0 Å². The normalized spacial score (nSPS) is 24.0. The lowest BCUT2D eigenvalue weighted by Gasteiger charge is -2.38. The first-order chi connectivity index (χ1) is 6.13. The zero-order valence-corrected chi connectivity index (χ0v) is 8.92. The van der Waals surface area contributed by atoms with E-state index in [9.17, 15) is 0 Å². The molecule has 0 atom stereocenters. The first kappa shape index (κ1) is 9.47. The highest BCUT2D eigenvalue weighted by Crippen LogP contribution is 2.38. The van der Waals surface area contributed by atoms with E-state index in [1.807, 2.05) is 0 Å². The highest BCUT2D eigenvalue weighted by Gasteiger charge is 2.40. The van der Waals surface area contributed by atoms with E-state index >= 15 is 0 Å². The molecule has 2 heteroatoms. The van der Waals surface area contributed by atoms with Crippen LogP contribution in [0.1, 0.15) is 39.5 Å². The number of nitrogens with two attached hydrogens (primary N) is 1. The van der Waals surface area contributed by atoms with Crippen molar-refractivity contribution in [2.45, 2.75) is 51.1 Å². The van der Waals surface area contributed by atoms with E-state index in [1.54, 1.807) is 0 Å². The second-order valence-corrected chi connectivity index (χ2v) is 5.34. The fraction of sp³-hybridized carbons (Fsp3) is 1.00. The molecule has 76 valence electrons. The van der Waals surface area contributed by atoms with Gasteiger partial charge >= 0.3 is 0 Å². The zero-order chi connectivity index (χ0) is 9.47. The van der Waals surface area contributed by atoms with Crippen molar-refractivity contribution in [3.8, 4) is 0 Å². The van der Waals surface area contributed by atoms with Crippen molar-refractivity contribution in [3.05, 3.63) is 0 Å². The quantitative estimate of drug-likeness (QED) is 0.699. The minimum absolute atomic E-state index is 0.226. The molecule has 0 aliphatic heterocycles. The van der Waals surface area contributed by atoms with Crippen LogP contribution in [0, 0.1) is 5.92 Å². The summed E-state index contributed by atoms with van der Waals surface area (Å²) in [5, 5.41) is 0. The lowest BCUT2D eigenvalue weighted by molar-refractivity contribution is 0.111. The minimum atomic E-state index is 0.226. The average molecular weight is 182 g/mol. The Kier molecular flexibility index (Phi) is 2.37. The van der Waals surface area contributed by atoms with Crippen molar-refractivity contribution in [1.29, 1.82) is 0 Å². The van der Waals surface area contributed by atoms with Gasteiger partial charge in [0.2, 0.25) is 0 Å². The van der Waals surface area contributed by atoms with E-state index in [0.717, 1.165) is 18.5 Å². The molecule has 2 rings (SSSR count). The van der Waals surface area contributed by atoms with Gasteiger partial charge in [0, 0.05) is 24.7 Å². The molecule has 13 heavy (non-hydrogen) atoms. The van der Waals surface area contributed by atoms with Crippen LogP contribution in [0.5, 0.6) is 0 Å². The van der Waals surface area contributed by atoms with Gasteiger partial charge < -0.3 is 5.73 Å². The monoisotopic (exact) mass is 182 g/mol. The van der Waals surface area contributed by atoms with Crippen LogP contribution in [-0.4, -0.2) is 29.6 Å². The number of hydrogen-bond donors (Lipinski definition) is 1. The van der Waals surface area contributed by atoms with E-state index in [1.165, 1.54) is 32.2 Å². The molecule has 2 aliphatic rings. The molecule has 0 heterocycles. The maximum atomic E-state index is 5.83. The molecule has 0 spiro atoms. The summed E-state index contributed by atoms with van der Waals surface area (Å²) in [6.45, 7) is 6.66. The van der Waals surface area contributed by atoms with Crippen LogP contribution in [0.4, 0.5) is 0 Å². The number of rotatable bonds is 5. The molecule has 2 fully saturated rings. The lowest BCUT2D eigenvalue weighted by Crippen LogP contribution is -2.51. The van der Waals surface area contributed by atoms with Crippen LogP contribution in [-0.2, 0) is 0 Å². The van der Waals surface area contributed by atoms with Gasteiger partial charge in [-0.05, 0) is 45.4 Å². The van der Waals surface area contributed by atoms with Gasteiger partial charge in [-0.25, -0.2) is 0 Å². The molecule has 0 unspecified atom stereocenters. The van der Waals surface area contributed by atoms with E-state index < -0.39 is 0 Å². The van der Waals surface area contributed by atoms with Crippen molar-refractivity contribution >= 4 is 0 Å². The maximum absolute atomic E-state index is 5.83. The third-order valence-corrected chi connectivity index (χ3v) is 3.42. The molecule has 0 bridgehead atoms. The van der Waals surface area contributed by atoms with Gasteiger partial charge in [-0.1, -0.05) is 0 Å². The Morgan fingerprint density at radius 2 is 1.85 bits per heavy atom. The Hall–Kier alpha value is -0.0800. The predicted molar refractivity (Wildman–Crippen MR) is 55.6 cm³/mol. The summed E-state index contributed by atoms with van der Waals surface area (Å²) < 4.78 is 0. The third kappa shape index (κ3) is 2.23. The van der Waals surface area contributed by atoms with E-state index in [4.69, 9.17) is 5.73 Å². The summed E-state index contributed by atoms with van der Waals surface area (Å²) in [6, 6.07) is 0.860. The van der Waals surface area contributed by atoms with Gasteiger partial charge in [-0.15, -0.1) is 0 Å². The predicted octanol–water partition coefficient (Wildman–Crippen LogP) is 1.60. The number of nitrogens with zero attached hydrogens (tertiary/aromatic N) is 1. The summed E-state index contributed by atoms with van der Waals surface area (Å²) in [7, 11) is 0. The van der Waals surface area contributed by atoms with Crippen molar-refractivity contribution in [2.75, 3.05) is 13.1 Å². The standard InChI is InChI=1S/C11H22N2/c1-11(2,8-12)13(10-5-6-10)7-9-3-4-9/h9-10H,3-8,12H2,1-2H3. The summed E-state index contributed by atoms with van der Waals surface area (Å²) >= 11 is 0. The molecule has 0 saturated heterocycles. The SMILES string of the molecule is CC(C)(CN)N(CC1CC1)C1CC1. The molecule has 0 aromatic carbocycles. The fourth-order valence-corrected chi connectivity index (χ4v) is 1.97. The zero-order valence-electron chi connectivity index (χ0n) is 8.92. The van der Waals surface area contributed by atoms with Crippen LogP contribution in [0.3, 0.4) is 0 Å². The summed E-state index contributed by atoms with van der Waals surface area (Å²) in [6.07, 6.45) is 5.69. The molecule has 0 aromatic heterocycles. The van der Waals surface area contributed by atoms with Crippen molar-refractivity contribution in [2.24, 2.45) is 11.7 Å². The molecule has 2 aliphatic carbocycles. The Labute approximate surface area is 81.5 Å². The third-order valence-electron chi connectivity index (χ3n) is 3.42.